The van der Waals surface area contributed by atoms with Crippen LogP contribution in [0.25, 0.3) is 0 Å². The Balaban J connectivity index is 1.43. The second-order valence-corrected chi connectivity index (χ2v) is 6.74. The van der Waals surface area contributed by atoms with Crippen LogP contribution in [0.2, 0.25) is 0 Å². The second-order valence-electron chi connectivity index (χ2n) is 6.74. The van der Waals surface area contributed by atoms with Gasteiger partial charge in [-0.2, -0.15) is 0 Å². The van der Waals surface area contributed by atoms with E-state index in [4.69, 9.17) is 0 Å². The van der Waals surface area contributed by atoms with Crippen LogP contribution < -0.4 is 5.32 Å². The van der Waals surface area contributed by atoms with Crippen molar-refractivity contribution >= 4 is 6.03 Å². The number of nitrogens with zero attached hydrogens (tertiary/aromatic N) is 4. The van der Waals surface area contributed by atoms with E-state index in [1.54, 1.807) is 0 Å². The number of hydrogen-bond acceptors (Lipinski definition) is 3. The summed E-state index contributed by atoms with van der Waals surface area (Å²) in [5.74, 6) is 1.69. The van der Waals surface area contributed by atoms with Gasteiger partial charge in [0.15, 0.2) is 0 Å². The van der Waals surface area contributed by atoms with E-state index in [1.807, 2.05) is 24.3 Å². The Morgan fingerprint density at radius 2 is 2.36 bits per heavy atom. The molecule has 3 heterocycles. The van der Waals surface area contributed by atoms with Crippen molar-refractivity contribution in [3.63, 3.8) is 0 Å². The molecule has 122 valence electrons. The fraction of sp³-hybridized carbons (Fsp3) is 0.750. The first-order valence-electron chi connectivity index (χ1n) is 8.32. The molecule has 1 fully saturated rings. The summed E-state index contributed by atoms with van der Waals surface area (Å²) < 4.78 is 2.22. The number of carbonyl (C=O) groups excluding carboxylic acids is 1. The topological polar surface area (TPSA) is 53.4 Å². The van der Waals surface area contributed by atoms with Gasteiger partial charge < -0.3 is 19.7 Å². The standard InChI is InChI=1S/C16H27N5O/c1-19-8-3-4-14(19)10-18-16(22)20(2)11-13-5-6-15-17-7-9-21(15)12-13/h7,9,13-14H,3-6,8,10-12H2,1-2H3,(H,18,22). The highest BCUT2D eigenvalue weighted by Gasteiger charge is 2.24. The first-order chi connectivity index (χ1) is 10.6. The van der Waals surface area contributed by atoms with E-state index in [9.17, 15) is 4.79 Å². The molecule has 22 heavy (non-hydrogen) atoms. The van der Waals surface area contributed by atoms with E-state index in [-0.39, 0.29) is 6.03 Å². The number of urea groups is 1. The van der Waals surface area contributed by atoms with Gasteiger partial charge in [0.25, 0.3) is 0 Å². The van der Waals surface area contributed by atoms with Gasteiger partial charge in [0.1, 0.15) is 5.82 Å². The maximum Gasteiger partial charge on any atom is 0.317 e. The molecular formula is C16H27N5O. The molecule has 2 atom stereocenters. The van der Waals surface area contributed by atoms with Crippen LogP contribution in [0.15, 0.2) is 12.4 Å². The van der Waals surface area contributed by atoms with Gasteiger partial charge in [-0.15, -0.1) is 0 Å². The summed E-state index contributed by atoms with van der Waals surface area (Å²) in [5.41, 5.74) is 0. The maximum absolute atomic E-state index is 12.3. The van der Waals surface area contributed by atoms with E-state index in [0.717, 1.165) is 39.0 Å². The van der Waals surface area contributed by atoms with Gasteiger partial charge in [-0.25, -0.2) is 9.78 Å². The normalized spacial score (nSPS) is 25.0. The fourth-order valence-corrected chi connectivity index (χ4v) is 3.63. The van der Waals surface area contributed by atoms with Gasteiger partial charge >= 0.3 is 6.03 Å². The molecule has 2 aliphatic rings. The van der Waals surface area contributed by atoms with Crippen LogP contribution in [0.5, 0.6) is 0 Å². The molecule has 1 aromatic heterocycles. The predicted octanol–water partition coefficient (Wildman–Crippen LogP) is 1.18. The Bertz CT molecular complexity index is 514. The number of likely N-dealkylation sites (tertiary alicyclic amines) is 1. The van der Waals surface area contributed by atoms with E-state index in [1.165, 1.54) is 18.7 Å². The summed E-state index contributed by atoms with van der Waals surface area (Å²) in [6.07, 6.45) is 8.46. The molecule has 1 saturated heterocycles. The van der Waals surface area contributed by atoms with Crippen molar-refractivity contribution in [1.82, 2.24) is 24.7 Å². The monoisotopic (exact) mass is 305 g/mol. The van der Waals surface area contributed by atoms with Crippen molar-refractivity contribution in [2.24, 2.45) is 5.92 Å². The molecule has 2 amide bonds. The molecule has 0 aromatic carbocycles. The molecular weight excluding hydrogens is 278 g/mol. The molecule has 0 radical (unpaired) electrons. The molecule has 3 rings (SSSR count). The third kappa shape index (κ3) is 3.43. The molecule has 2 unspecified atom stereocenters. The van der Waals surface area contributed by atoms with Crippen LogP contribution in [-0.2, 0) is 13.0 Å². The highest BCUT2D eigenvalue weighted by atomic mass is 16.2. The van der Waals surface area contributed by atoms with Crippen LogP contribution in [0, 0.1) is 5.92 Å². The number of aryl methyl sites for hydroxylation is 1. The fourth-order valence-electron chi connectivity index (χ4n) is 3.63. The maximum atomic E-state index is 12.3. The quantitative estimate of drug-likeness (QED) is 0.909. The number of amides is 2. The molecule has 1 N–H and O–H groups in total. The summed E-state index contributed by atoms with van der Waals surface area (Å²) in [5, 5.41) is 3.08. The van der Waals surface area contributed by atoms with E-state index in [0.29, 0.717) is 12.0 Å². The van der Waals surface area contributed by atoms with Crippen molar-refractivity contribution in [3.05, 3.63) is 18.2 Å². The van der Waals surface area contributed by atoms with Crippen molar-refractivity contribution in [2.75, 3.05) is 33.7 Å². The summed E-state index contributed by atoms with van der Waals surface area (Å²) in [7, 11) is 4.04. The Morgan fingerprint density at radius 3 is 3.14 bits per heavy atom. The number of hydrogen-bond donors (Lipinski definition) is 1. The van der Waals surface area contributed by atoms with Gasteiger partial charge in [0, 0.05) is 51.5 Å². The van der Waals surface area contributed by atoms with Gasteiger partial charge in [-0.3, -0.25) is 0 Å². The number of imidazole rings is 1. The van der Waals surface area contributed by atoms with E-state index < -0.39 is 0 Å². The third-order valence-electron chi connectivity index (χ3n) is 5.07. The van der Waals surface area contributed by atoms with Crippen molar-refractivity contribution in [2.45, 2.75) is 38.3 Å². The van der Waals surface area contributed by atoms with Gasteiger partial charge in [0.2, 0.25) is 0 Å². The summed E-state index contributed by atoms with van der Waals surface area (Å²) >= 11 is 0. The summed E-state index contributed by atoms with van der Waals surface area (Å²) in [6.45, 7) is 3.68. The molecule has 6 nitrogen and oxygen atoms in total. The zero-order valence-corrected chi connectivity index (χ0v) is 13.7. The molecule has 1 aromatic rings. The molecule has 0 aliphatic carbocycles. The number of rotatable bonds is 4. The number of fused-ring (bicyclic) bond motifs is 1. The smallest absolute Gasteiger partial charge is 0.317 e. The van der Waals surface area contributed by atoms with Crippen LogP contribution in [0.1, 0.15) is 25.1 Å². The zero-order chi connectivity index (χ0) is 15.5. The van der Waals surface area contributed by atoms with E-state index in [2.05, 4.69) is 26.8 Å². The molecule has 0 spiro atoms. The SMILES string of the molecule is CN(CC1CCc2nccn2C1)C(=O)NCC1CCCN1C. The molecule has 0 bridgehead atoms. The lowest BCUT2D eigenvalue weighted by molar-refractivity contribution is 0.188. The lowest BCUT2D eigenvalue weighted by Gasteiger charge is -2.29. The minimum Gasteiger partial charge on any atom is -0.336 e. The summed E-state index contributed by atoms with van der Waals surface area (Å²) in [6, 6.07) is 0.553. The Kier molecular flexibility index (Phi) is 4.66. The van der Waals surface area contributed by atoms with Crippen molar-refractivity contribution in [3.8, 4) is 0 Å². The second kappa shape index (κ2) is 6.69. The molecule has 2 aliphatic heterocycles. The Hall–Kier alpha value is -1.56. The van der Waals surface area contributed by atoms with Crippen LogP contribution in [0.4, 0.5) is 4.79 Å². The van der Waals surface area contributed by atoms with Gasteiger partial charge in [-0.05, 0) is 38.8 Å². The first kappa shape index (κ1) is 15.3. The van der Waals surface area contributed by atoms with E-state index >= 15 is 0 Å². The molecule has 0 saturated carbocycles. The average molecular weight is 305 g/mol. The third-order valence-corrected chi connectivity index (χ3v) is 5.07. The number of likely N-dealkylation sites (N-methyl/N-ethyl adjacent to an activating group) is 1. The minimum absolute atomic E-state index is 0.0525. The first-order valence-corrected chi connectivity index (χ1v) is 8.32. The lowest BCUT2D eigenvalue weighted by Crippen LogP contribution is -2.45. The highest BCUT2D eigenvalue weighted by molar-refractivity contribution is 5.73. The average Bonchev–Trinajstić information content (AvgIpc) is 3.13. The van der Waals surface area contributed by atoms with Crippen LogP contribution in [-0.4, -0.2) is 65.2 Å². The lowest BCUT2D eigenvalue weighted by atomic mass is 9.99. The van der Waals surface area contributed by atoms with Gasteiger partial charge in [0.05, 0.1) is 0 Å². The highest BCUT2D eigenvalue weighted by Crippen LogP contribution is 2.19. The zero-order valence-electron chi connectivity index (χ0n) is 13.7. The Morgan fingerprint density at radius 1 is 1.50 bits per heavy atom. The van der Waals surface area contributed by atoms with Crippen molar-refractivity contribution in [1.29, 1.82) is 0 Å². The number of nitrogens with one attached hydrogen (secondary N) is 1. The Labute approximate surface area is 132 Å². The number of carbonyl (C=O) groups is 1. The van der Waals surface area contributed by atoms with Crippen LogP contribution in [0.3, 0.4) is 0 Å². The van der Waals surface area contributed by atoms with Crippen molar-refractivity contribution < 1.29 is 4.79 Å². The summed E-state index contributed by atoms with van der Waals surface area (Å²) in [4.78, 5) is 20.8. The predicted molar refractivity (Wildman–Crippen MR) is 85.7 cm³/mol. The largest absolute Gasteiger partial charge is 0.336 e. The minimum atomic E-state index is 0.0525. The van der Waals surface area contributed by atoms with Crippen LogP contribution >= 0.6 is 0 Å². The number of aromatic nitrogens is 2. The molecule has 6 heteroatoms. The van der Waals surface area contributed by atoms with Gasteiger partial charge in [-0.1, -0.05) is 0 Å².